The number of Topliss-reactive ketones (excluding diaryl/α,β-unsaturated/α-hetero) is 1. The number of ketones is 1. The Bertz CT molecular complexity index is 875. The minimum atomic E-state index is -1.75. The normalized spacial score (nSPS) is 24.9. The largest absolute Gasteiger partial charge is 0.396 e. The molecule has 0 unspecified atom stereocenters. The summed E-state index contributed by atoms with van der Waals surface area (Å²) in [5.74, 6) is 0.0690. The van der Waals surface area contributed by atoms with E-state index in [2.05, 4.69) is 0 Å². The highest BCUT2D eigenvalue weighted by molar-refractivity contribution is 6.31. The van der Waals surface area contributed by atoms with E-state index in [0.717, 1.165) is 24.8 Å². The molecule has 2 fully saturated rings. The van der Waals surface area contributed by atoms with Crippen LogP contribution in [-0.2, 0) is 11.2 Å². The summed E-state index contributed by atoms with van der Waals surface area (Å²) in [7, 11) is 0. The standard InChI is InChI=1S/C23H25ClO2/c24-22-11-10-18(21-3-1-2-19(14-25)23(21)26)13-20(22)12-15-4-6-16(7-5-15)17-8-9-17/h4-7,10-11,13,17,19,21,25H,1-3,8-9,12,14H2/t19-,21+/m1/s1/i12D2. The number of benzene rings is 2. The van der Waals surface area contributed by atoms with Gasteiger partial charge in [0.15, 0.2) is 0 Å². The number of halogens is 1. The summed E-state index contributed by atoms with van der Waals surface area (Å²) in [6.07, 6.45) is 3.02. The number of aliphatic hydroxyl groups excluding tert-OH is 1. The van der Waals surface area contributed by atoms with Crippen molar-refractivity contribution in [1.82, 2.24) is 0 Å². The highest BCUT2D eigenvalue weighted by Crippen LogP contribution is 2.40. The predicted molar refractivity (Wildman–Crippen MR) is 105 cm³/mol. The van der Waals surface area contributed by atoms with Crippen LogP contribution in [0.2, 0.25) is 5.02 Å². The van der Waals surface area contributed by atoms with Crippen LogP contribution in [0.5, 0.6) is 0 Å². The maximum Gasteiger partial charge on any atom is 0.145 e. The molecule has 136 valence electrons. The molecule has 2 aromatic rings. The van der Waals surface area contributed by atoms with Gasteiger partial charge in [-0.25, -0.2) is 0 Å². The van der Waals surface area contributed by atoms with Crippen molar-refractivity contribution < 1.29 is 12.6 Å². The molecule has 4 rings (SSSR count). The van der Waals surface area contributed by atoms with Gasteiger partial charge in [-0.1, -0.05) is 54.4 Å². The van der Waals surface area contributed by atoms with Gasteiger partial charge >= 0.3 is 0 Å². The number of hydrogen-bond acceptors (Lipinski definition) is 2. The van der Waals surface area contributed by atoms with Crippen molar-refractivity contribution in [2.75, 3.05) is 6.61 Å². The van der Waals surface area contributed by atoms with Crippen molar-refractivity contribution in [2.24, 2.45) is 5.92 Å². The van der Waals surface area contributed by atoms with E-state index in [4.69, 9.17) is 14.3 Å². The summed E-state index contributed by atoms with van der Waals surface area (Å²) in [6.45, 7) is -0.121. The minimum Gasteiger partial charge on any atom is -0.396 e. The molecular formula is C23H25ClO2. The van der Waals surface area contributed by atoms with Crippen LogP contribution in [0, 0.1) is 5.92 Å². The molecule has 0 saturated heterocycles. The fourth-order valence-corrected chi connectivity index (χ4v) is 4.08. The van der Waals surface area contributed by atoms with Crippen molar-refractivity contribution in [3.8, 4) is 0 Å². The molecule has 2 nitrogen and oxygen atoms in total. The van der Waals surface area contributed by atoms with Crippen LogP contribution >= 0.6 is 11.6 Å². The molecule has 0 radical (unpaired) electrons. The zero-order valence-electron chi connectivity index (χ0n) is 16.7. The van der Waals surface area contributed by atoms with E-state index in [1.807, 2.05) is 30.3 Å². The molecule has 0 heterocycles. The van der Waals surface area contributed by atoms with E-state index in [0.29, 0.717) is 22.1 Å². The van der Waals surface area contributed by atoms with E-state index in [1.165, 1.54) is 18.4 Å². The van der Waals surface area contributed by atoms with E-state index in [9.17, 15) is 9.90 Å². The molecule has 0 aromatic heterocycles. The fourth-order valence-electron chi connectivity index (χ4n) is 3.92. The second-order valence-corrected chi connectivity index (χ2v) is 7.93. The van der Waals surface area contributed by atoms with Gasteiger partial charge in [0.05, 0.1) is 6.61 Å². The lowest BCUT2D eigenvalue weighted by Gasteiger charge is -2.27. The van der Waals surface area contributed by atoms with Crippen LogP contribution in [-0.4, -0.2) is 17.5 Å². The summed E-state index contributed by atoms with van der Waals surface area (Å²) in [6, 6.07) is 13.0. The summed E-state index contributed by atoms with van der Waals surface area (Å²) in [4.78, 5) is 12.7. The van der Waals surface area contributed by atoms with Crippen molar-refractivity contribution in [3.63, 3.8) is 0 Å². The Labute approximate surface area is 163 Å². The van der Waals surface area contributed by atoms with E-state index in [1.54, 1.807) is 12.1 Å². The number of aliphatic hydroxyl groups is 1. The minimum absolute atomic E-state index is 0.0522. The van der Waals surface area contributed by atoms with Gasteiger partial charge in [0, 0.05) is 19.6 Å². The third kappa shape index (κ3) is 3.72. The molecule has 2 aromatic carbocycles. The highest BCUT2D eigenvalue weighted by atomic mass is 35.5. The molecule has 0 spiro atoms. The first kappa shape index (κ1) is 15.4. The Hall–Kier alpha value is -1.64. The average molecular weight is 371 g/mol. The van der Waals surface area contributed by atoms with Crippen LogP contribution in [0.1, 0.15) is 68.9 Å². The summed E-state index contributed by atoms with van der Waals surface area (Å²) in [5.41, 5.74) is 3.02. The lowest BCUT2D eigenvalue weighted by atomic mass is 9.77. The van der Waals surface area contributed by atoms with Crippen LogP contribution < -0.4 is 0 Å². The molecule has 2 aliphatic rings. The van der Waals surface area contributed by atoms with E-state index in [-0.39, 0.29) is 24.2 Å². The van der Waals surface area contributed by atoms with Crippen LogP contribution in [0.15, 0.2) is 42.5 Å². The first-order valence-electron chi connectivity index (χ1n) is 10.5. The summed E-state index contributed by atoms with van der Waals surface area (Å²) in [5, 5.41) is 9.83. The van der Waals surface area contributed by atoms with Crippen molar-refractivity contribution >= 4 is 17.4 Å². The molecule has 0 bridgehead atoms. The second kappa shape index (κ2) is 7.54. The molecule has 1 N–H and O–H groups in total. The lowest BCUT2D eigenvalue weighted by Crippen LogP contribution is -2.29. The topological polar surface area (TPSA) is 37.3 Å². The third-order valence-corrected chi connectivity index (χ3v) is 5.97. The Kier molecular flexibility index (Phi) is 4.47. The Morgan fingerprint density at radius 2 is 1.77 bits per heavy atom. The second-order valence-electron chi connectivity index (χ2n) is 7.53. The SMILES string of the molecule is [2H]C([2H])(c1ccc(C2CC2)cc1)c1cc([C@@H]2CCC[C@H](CO)C2=O)ccc1Cl. The van der Waals surface area contributed by atoms with Gasteiger partial charge in [-0.2, -0.15) is 0 Å². The van der Waals surface area contributed by atoms with Crippen LogP contribution in [0.3, 0.4) is 0 Å². The Balaban J connectivity index is 1.66. The average Bonchev–Trinajstić information content (AvgIpc) is 3.54. The van der Waals surface area contributed by atoms with Gasteiger partial charge in [-0.05, 0) is 66.3 Å². The maximum atomic E-state index is 12.7. The van der Waals surface area contributed by atoms with Gasteiger partial charge in [-0.15, -0.1) is 0 Å². The van der Waals surface area contributed by atoms with Gasteiger partial charge in [-0.3, -0.25) is 4.79 Å². The number of carbonyl (C=O) groups excluding carboxylic acids is 1. The number of rotatable bonds is 5. The quantitative estimate of drug-likeness (QED) is 0.780. The first-order valence-corrected chi connectivity index (χ1v) is 9.84. The van der Waals surface area contributed by atoms with Crippen molar-refractivity contribution in [2.45, 2.75) is 50.3 Å². The van der Waals surface area contributed by atoms with Crippen molar-refractivity contribution in [3.05, 3.63) is 69.7 Å². The lowest BCUT2D eigenvalue weighted by molar-refractivity contribution is -0.127. The Morgan fingerprint density at radius 1 is 1.04 bits per heavy atom. The molecule has 26 heavy (non-hydrogen) atoms. The van der Waals surface area contributed by atoms with Gasteiger partial charge in [0.2, 0.25) is 0 Å². The van der Waals surface area contributed by atoms with Gasteiger partial charge < -0.3 is 5.11 Å². The molecule has 2 aliphatic carbocycles. The van der Waals surface area contributed by atoms with Gasteiger partial charge in [0.25, 0.3) is 0 Å². The Morgan fingerprint density at radius 3 is 2.46 bits per heavy atom. The highest BCUT2D eigenvalue weighted by Gasteiger charge is 2.31. The predicted octanol–water partition coefficient (Wildman–Crippen LogP) is 5.25. The van der Waals surface area contributed by atoms with Crippen LogP contribution in [0.4, 0.5) is 0 Å². The zero-order valence-corrected chi connectivity index (χ0v) is 15.5. The fraction of sp³-hybridized carbons (Fsp3) is 0.435. The molecular weight excluding hydrogens is 344 g/mol. The van der Waals surface area contributed by atoms with Crippen molar-refractivity contribution in [1.29, 1.82) is 0 Å². The summed E-state index contributed by atoms with van der Waals surface area (Å²) >= 11 is 6.39. The zero-order chi connectivity index (χ0) is 19.9. The smallest absolute Gasteiger partial charge is 0.145 e. The molecule has 2 saturated carbocycles. The summed E-state index contributed by atoms with van der Waals surface area (Å²) < 4.78 is 17.5. The monoisotopic (exact) mass is 370 g/mol. The van der Waals surface area contributed by atoms with E-state index < -0.39 is 6.37 Å². The molecule has 0 aliphatic heterocycles. The van der Waals surface area contributed by atoms with Gasteiger partial charge in [0.1, 0.15) is 5.78 Å². The molecule has 2 atom stereocenters. The van der Waals surface area contributed by atoms with Crippen LogP contribution in [0.25, 0.3) is 0 Å². The maximum absolute atomic E-state index is 12.7. The third-order valence-electron chi connectivity index (χ3n) is 5.64. The molecule has 3 heteroatoms. The number of carbonyl (C=O) groups is 1. The number of hydrogen-bond donors (Lipinski definition) is 1. The molecule has 0 amide bonds. The van der Waals surface area contributed by atoms with E-state index >= 15 is 0 Å². The first-order chi connectivity index (χ1) is 13.4.